The van der Waals surface area contributed by atoms with E-state index in [0.717, 1.165) is 18.6 Å². The Hall–Kier alpha value is -1.74. The third-order valence-corrected chi connectivity index (χ3v) is 3.59. The van der Waals surface area contributed by atoms with Gasteiger partial charge in [-0.15, -0.1) is 0 Å². The molecule has 1 unspecified atom stereocenters. The first kappa shape index (κ1) is 15.6. The minimum Gasteiger partial charge on any atom is -0.497 e. The van der Waals surface area contributed by atoms with E-state index >= 15 is 0 Å². The fourth-order valence-electron chi connectivity index (χ4n) is 2.12. The average Bonchev–Trinajstić information content (AvgIpc) is 2.48. The first-order valence-corrected chi connectivity index (χ1v) is 7.31. The van der Waals surface area contributed by atoms with E-state index in [1.807, 2.05) is 19.1 Å². The van der Waals surface area contributed by atoms with Crippen molar-refractivity contribution in [2.45, 2.75) is 25.8 Å². The Labute approximate surface area is 129 Å². The Morgan fingerprint density at radius 3 is 2.52 bits per heavy atom. The minimum atomic E-state index is -0.321. The lowest BCUT2D eigenvalue weighted by Crippen LogP contribution is -2.16. The Bertz CT molecular complexity index is 586. The summed E-state index contributed by atoms with van der Waals surface area (Å²) in [5.74, 6) is 0.534. The predicted octanol–water partition coefficient (Wildman–Crippen LogP) is 4.92. The fraction of sp³-hybridized carbons (Fsp3) is 0.294. The van der Waals surface area contributed by atoms with Crippen molar-refractivity contribution in [3.63, 3.8) is 0 Å². The van der Waals surface area contributed by atoms with Crippen LogP contribution in [-0.2, 0) is 6.42 Å². The van der Waals surface area contributed by atoms with Crippen LogP contribution in [0.25, 0.3) is 0 Å². The second kappa shape index (κ2) is 7.32. The number of hydrogen-bond donors (Lipinski definition) is 1. The summed E-state index contributed by atoms with van der Waals surface area (Å²) in [6, 6.07) is 12.8. The minimum absolute atomic E-state index is 0.169. The number of rotatable bonds is 6. The number of aryl methyl sites for hydroxylation is 1. The largest absolute Gasteiger partial charge is 0.497 e. The Morgan fingerprint density at radius 1 is 1.19 bits per heavy atom. The van der Waals surface area contributed by atoms with E-state index in [9.17, 15) is 4.39 Å². The molecule has 0 bridgehead atoms. The highest BCUT2D eigenvalue weighted by molar-refractivity contribution is 6.30. The molecule has 0 saturated heterocycles. The maximum Gasteiger partial charge on any atom is 0.147 e. The van der Waals surface area contributed by atoms with E-state index in [4.69, 9.17) is 16.3 Å². The molecule has 2 rings (SSSR count). The molecule has 21 heavy (non-hydrogen) atoms. The van der Waals surface area contributed by atoms with Crippen LogP contribution in [-0.4, -0.2) is 13.2 Å². The molecule has 2 nitrogen and oxygen atoms in total. The highest BCUT2D eigenvalue weighted by Crippen LogP contribution is 2.20. The lowest BCUT2D eigenvalue weighted by atomic mass is 10.1. The average molecular weight is 308 g/mol. The zero-order chi connectivity index (χ0) is 15.2. The maximum atomic E-state index is 13.7. The van der Waals surface area contributed by atoms with Crippen molar-refractivity contribution in [3.8, 4) is 5.75 Å². The van der Waals surface area contributed by atoms with Crippen LogP contribution < -0.4 is 10.1 Å². The van der Waals surface area contributed by atoms with Crippen molar-refractivity contribution in [2.75, 3.05) is 12.4 Å². The molecule has 1 N–H and O–H groups in total. The predicted molar refractivity (Wildman–Crippen MR) is 85.8 cm³/mol. The van der Waals surface area contributed by atoms with Crippen molar-refractivity contribution in [1.29, 1.82) is 0 Å². The summed E-state index contributed by atoms with van der Waals surface area (Å²) >= 11 is 5.74. The van der Waals surface area contributed by atoms with Gasteiger partial charge in [0, 0.05) is 11.1 Å². The molecule has 4 heteroatoms. The smallest absolute Gasteiger partial charge is 0.147 e. The van der Waals surface area contributed by atoms with Crippen LogP contribution in [0.15, 0.2) is 42.5 Å². The summed E-state index contributed by atoms with van der Waals surface area (Å²) < 4.78 is 18.8. The van der Waals surface area contributed by atoms with Gasteiger partial charge >= 0.3 is 0 Å². The molecule has 1 atom stereocenters. The first-order chi connectivity index (χ1) is 10.1. The van der Waals surface area contributed by atoms with E-state index in [-0.39, 0.29) is 11.9 Å². The molecule has 0 amide bonds. The van der Waals surface area contributed by atoms with Gasteiger partial charge in [0.1, 0.15) is 11.6 Å². The summed E-state index contributed by atoms with van der Waals surface area (Å²) in [4.78, 5) is 0. The number of ether oxygens (including phenoxy) is 1. The Morgan fingerprint density at radius 2 is 1.90 bits per heavy atom. The quantitative estimate of drug-likeness (QED) is 0.817. The molecule has 0 aliphatic heterocycles. The zero-order valence-corrected chi connectivity index (χ0v) is 13.0. The van der Waals surface area contributed by atoms with E-state index in [2.05, 4.69) is 17.4 Å². The monoisotopic (exact) mass is 307 g/mol. The summed E-state index contributed by atoms with van der Waals surface area (Å²) in [5.41, 5.74) is 1.72. The molecular formula is C17H19ClFNO. The van der Waals surface area contributed by atoms with Crippen LogP contribution >= 0.6 is 11.6 Å². The molecule has 0 fully saturated rings. The number of halogens is 2. The van der Waals surface area contributed by atoms with Crippen LogP contribution in [0.5, 0.6) is 5.75 Å². The van der Waals surface area contributed by atoms with Gasteiger partial charge in [0.25, 0.3) is 0 Å². The molecule has 2 aromatic rings. The molecule has 112 valence electrons. The molecule has 0 radical (unpaired) electrons. The highest BCUT2D eigenvalue weighted by atomic mass is 35.5. The molecule has 0 saturated carbocycles. The van der Waals surface area contributed by atoms with E-state index in [1.165, 1.54) is 11.6 Å². The highest BCUT2D eigenvalue weighted by Gasteiger charge is 2.07. The summed E-state index contributed by atoms with van der Waals surface area (Å²) in [7, 11) is 1.65. The topological polar surface area (TPSA) is 21.3 Å². The molecule has 0 aliphatic rings. The number of anilines is 1. The van der Waals surface area contributed by atoms with Crippen LogP contribution in [0, 0.1) is 5.82 Å². The Balaban J connectivity index is 1.87. The van der Waals surface area contributed by atoms with Crippen LogP contribution in [0.2, 0.25) is 5.02 Å². The number of hydrogen-bond acceptors (Lipinski definition) is 2. The molecular weight excluding hydrogens is 289 g/mol. The maximum absolute atomic E-state index is 13.7. The van der Waals surface area contributed by atoms with Gasteiger partial charge in [-0.05, 0) is 55.7 Å². The van der Waals surface area contributed by atoms with Gasteiger partial charge in [-0.2, -0.15) is 0 Å². The third-order valence-electron chi connectivity index (χ3n) is 3.36. The molecule has 0 spiro atoms. The summed E-state index contributed by atoms with van der Waals surface area (Å²) in [6.45, 7) is 2.04. The van der Waals surface area contributed by atoms with Gasteiger partial charge in [-0.3, -0.25) is 0 Å². The number of methoxy groups -OCH3 is 1. The van der Waals surface area contributed by atoms with Gasteiger partial charge in [0.15, 0.2) is 0 Å². The van der Waals surface area contributed by atoms with E-state index in [0.29, 0.717) is 10.7 Å². The third kappa shape index (κ3) is 4.64. The van der Waals surface area contributed by atoms with Crippen LogP contribution in [0.3, 0.4) is 0 Å². The zero-order valence-electron chi connectivity index (χ0n) is 12.2. The second-order valence-electron chi connectivity index (χ2n) is 5.06. The molecule has 2 aromatic carbocycles. The van der Waals surface area contributed by atoms with Crippen molar-refractivity contribution >= 4 is 17.3 Å². The molecule has 0 heterocycles. The van der Waals surface area contributed by atoms with Crippen LogP contribution in [0.4, 0.5) is 10.1 Å². The standard InChI is InChI=1S/C17H19ClFNO/c1-12(20-17-10-7-14(18)11-16(17)19)3-4-13-5-8-15(21-2)9-6-13/h5-12,20H,3-4H2,1-2H3. The Kier molecular flexibility index (Phi) is 5.45. The van der Waals surface area contributed by atoms with Crippen molar-refractivity contribution in [3.05, 3.63) is 58.9 Å². The van der Waals surface area contributed by atoms with Crippen molar-refractivity contribution < 1.29 is 9.13 Å². The van der Waals surface area contributed by atoms with E-state index in [1.54, 1.807) is 19.2 Å². The first-order valence-electron chi connectivity index (χ1n) is 6.93. The summed E-state index contributed by atoms with van der Waals surface area (Å²) in [5, 5.41) is 3.58. The van der Waals surface area contributed by atoms with Gasteiger partial charge < -0.3 is 10.1 Å². The second-order valence-corrected chi connectivity index (χ2v) is 5.49. The fourth-order valence-corrected chi connectivity index (χ4v) is 2.28. The number of nitrogens with one attached hydrogen (secondary N) is 1. The van der Waals surface area contributed by atoms with Gasteiger partial charge in [-0.25, -0.2) is 4.39 Å². The SMILES string of the molecule is COc1ccc(CCC(C)Nc2ccc(Cl)cc2F)cc1. The van der Waals surface area contributed by atoms with E-state index < -0.39 is 0 Å². The normalized spacial score (nSPS) is 12.0. The van der Waals surface area contributed by atoms with Crippen molar-refractivity contribution in [2.24, 2.45) is 0 Å². The lowest BCUT2D eigenvalue weighted by molar-refractivity contribution is 0.414. The molecule has 0 aliphatic carbocycles. The van der Waals surface area contributed by atoms with Gasteiger partial charge in [0.05, 0.1) is 12.8 Å². The van der Waals surface area contributed by atoms with Gasteiger partial charge in [-0.1, -0.05) is 23.7 Å². The lowest BCUT2D eigenvalue weighted by Gasteiger charge is -2.16. The number of benzene rings is 2. The molecule has 0 aromatic heterocycles. The van der Waals surface area contributed by atoms with Crippen molar-refractivity contribution in [1.82, 2.24) is 0 Å². The van der Waals surface area contributed by atoms with Crippen LogP contribution in [0.1, 0.15) is 18.9 Å². The van der Waals surface area contributed by atoms with Gasteiger partial charge in [0.2, 0.25) is 0 Å². The summed E-state index contributed by atoms with van der Waals surface area (Å²) in [6.07, 6.45) is 1.84.